The lowest BCUT2D eigenvalue weighted by atomic mass is 10.0. The number of hydrogen-bond donors (Lipinski definition) is 2. The minimum Gasteiger partial charge on any atom is -0.444 e. The third-order valence-corrected chi connectivity index (χ3v) is 9.39. The van der Waals surface area contributed by atoms with Crippen LogP contribution in [0.25, 0.3) is 0 Å². The van der Waals surface area contributed by atoms with E-state index < -0.39 is 11.5 Å². The Morgan fingerprint density at radius 1 is 1.02 bits per heavy atom. The quantitative estimate of drug-likeness (QED) is 0.464. The first-order valence-electron chi connectivity index (χ1n) is 16.8. The first kappa shape index (κ1) is 33.7. The number of nitrogens with one attached hydrogen (secondary N) is 1. The molecule has 0 spiro atoms. The van der Waals surface area contributed by atoms with Gasteiger partial charge in [0.15, 0.2) is 17.3 Å². The molecule has 2 amide bonds. The molecule has 4 heterocycles. The lowest BCUT2D eigenvalue weighted by molar-refractivity contribution is 0.0218. The fourth-order valence-corrected chi connectivity index (χ4v) is 6.84. The minimum atomic E-state index is -0.629. The maximum atomic E-state index is 12.7. The third kappa shape index (κ3) is 7.83. The highest BCUT2D eigenvalue weighted by atomic mass is 16.6. The predicted molar refractivity (Wildman–Crippen MR) is 183 cm³/mol. The maximum absolute atomic E-state index is 12.7. The van der Waals surface area contributed by atoms with Crippen molar-refractivity contribution in [3.8, 4) is 0 Å². The normalized spacial score (nSPS) is 20.6. The number of aryl methyl sites for hydroxylation is 2. The van der Waals surface area contributed by atoms with Gasteiger partial charge in [-0.3, -0.25) is 9.69 Å². The Morgan fingerprint density at radius 2 is 1.72 bits per heavy atom. The molecule has 252 valence electrons. The van der Waals surface area contributed by atoms with E-state index in [0.29, 0.717) is 49.4 Å². The van der Waals surface area contributed by atoms with E-state index in [-0.39, 0.29) is 17.8 Å². The second-order valence-corrected chi connectivity index (χ2v) is 14.1. The monoisotopic (exact) mass is 635 g/mol. The standard InChI is InChI=1S/C34H53N9O3/c1-8-27-32(43-20-19-42(22-24(43)3)33(45)46-34(4,5)6)38-31(29(37-27)30(35)44)36-25-9-10-28(23(2)21-25)41-13-11-26(12-14-41)40-17-15-39(7)16-18-40/h9-10,21,24,26H,8,11-20,22H2,1-7H3,(H2,35,44)(H,36,38)/t24-/m0/s1. The molecule has 3 fully saturated rings. The molecule has 1 aromatic heterocycles. The highest BCUT2D eigenvalue weighted by Crippen LogP contribution is 2.31. The van der Waals surface area contributed by atoms with E-state index in [2.05, 4.69) is 57.9 Å². The van der Waals surface area contributed by atoms with Crippen molar-refractivity contribution in [3.63, 3.8) is 0 Å². The summed E-state index contributed by atoms with van der Waals surface area (Å²) in [5.41, 5.74) is 9.29. The zero-order chi connectivity index (χ0) is 33.2. The largest absolute Gasteiger partial charge is 0.444 e. The average Bonchev–Trinajstić information content (AvgIpc) is 3.00. The van der Waals surface area contributed by atoms with Crippen LogP contribution in [-0.2, 0) is 11.2 Å². The van der Waals surface area contributed by atoms with Crippen molar-refractivity contribution in [3.05, 3.63) is 35.2 Å². The summed E-state index contributed by atoms with van der Waals surface area (Å²) in [6, 6.07) is 6.93. The number of ether oxygens (including phenoxy) is 1. The molecule has 3 aliphatic heterocycles. The summed E-state index contributed by atoms with van der Waals surface area (Å²) in [5, 5.41) is 3.36. The SMILES string of the molecule is CCc1nc(C(N)=O)c(Nc2ccc(N3CCC(N4CCN(C)CC4)CC3)c(C)c2)nc1N1CCN(C(=O)OC(C)(C)C)C[C@@H]1C. The molecule has 12 nitrogen and oxygen atoms in total. The molecule has 3 saturated heterocycles. The molecule has 1 aromatic carbocycles. The molecule has 0 radical (unpaired) electrons. The Kier molecular flexibility index (Phi) is 10.3. The van der Waals surface area contributed by atoms with Gasteiger partial charge in [-0.1, -0.05) is 6.92 Å². The molecular weight excluding hydrogens is 582 g/mol. The van der Waals surface area contributed by atoms with E-state index in [9.17, 15) is 9.59 Å². The Bertz CT molecular complexity index is 1390. The number of anilines is 4. The molecule has 0 unspecified atom stereocenters. The Hall–Kier alpha value is -3.64. The van der Waals surface area contributed by atoms with Gasteiger partial charge in [0.2, 0.25) is 0 Å². The van der Waals surface area contributed by atoms with E-state index in [1.54, 1.807) is 4.90 Å². The molecule has 46 heavy (non-hydrogen) atoms. The summed E-state index contributed by atoms with van der Waals surface area (Å²) < 4.78 is 5.60. The van der Waals surface area contributed by atoms with Gasteiger partial charge in [0.25, 0.3) is 5.91 Å². The number of carbonyl (C=O) groups excluding carboxylic acids is 2. The molecule has 2 aromatic rings. The van der Waals surface area contributed by atoms with E-state index in [0.717, 1.165) is 37.4 Å². The van der Waals surface area contributed by atoms with E-state index in [1.807, 2.05) is 33.8 Å². The number of nitrogens with two attached hydrogens (primary N) is 1. The molecule has 1 atom stereocenters. The van der Waals surface area contributed by atoms with Crippen LogP contribution in [0.1, 0.15) is 69.2 Å². The predicted octanol–water partition coefficient (Wildman–Crippen LogP) is 3.85. The summed E-state index contributed by atoms with van der Waals surface area (Å²) in [6.45, 7) is 20.1. The van der Waals surface area contributed by atoms with Crippen LogP contribution >= 0.6 is 0 Å². The molecule has 0 aliphatic carbocycles. The van der Waals surface area contributed by atoms with Crippen molar-refractivity contribution in [1.82, 2.24) is 24.7 Å². The first-order valence-corrected chi connectivity index (χ1v) is 16.8. The number of primary amides is 1. The summed E-state index contributed by atoms with van der Waals surface area (Å²) in [5.74, 6) is 0.403. The van der Waals surface area contributed by atoms with E-state index >= 15 is 0 Å². The maximum Gasteiger partial charge on any atom is 0.410 e. The number of piperazine rings is 2. The van der Waals surface area contributed by atoms with Crippen molar-refractivity contribution in [2.24, 2.45) is 5.73 Å². The highest BCUT2D eigenvalue weighted by Gasteiger charge is 2.33. The van der Waals surface area contributed by atoms with Crippen LogP contribution in [-0.4, -0.2) is 120 Å². The van der Waals surface area contributed by atoms with Crippen molar-refractivity contribution in [2.45, 2.75) is 78.5 Å². The summed E-state index contributed by atoms with van der Waals surface area (Å²) in [6.07, 6.45) is 2.63. The van der Waals surface area contributed by atoms with E-state index in [1.165, 1.54) is 31.6 Å². The summed E-state index contributed by atoms with van der Waals surface area (Å²) in [4.78, 5) is 46.4. The van der Waals surface area contributed by atoms with Crippen molar-refractivity contribution >= 4 is 35.0 Å². The van der Waals surface area contributed by atoms with Gasteiger partial charge >= 0.3 is 6.09 Å². The Morgan fingerprint density at radius 3 is 2.30 bits per heavy atom. The first-order chi connectivity index (χ1) is 21.8. The van der Waals surface area contributed by atoms with Crippen LogP contribution in [0.5, 0.6) is 0 Å². The summed E-state index contributed by atoms with van der Waals surface area (Å²) >= 11 is 0. The number of aromatic nitrogens is 2. The lowest BCUT2D eigenvalue weighted by Crippen LogP contribution is -2.55. The number of amides is 2. The Labute approximate surface area is 274 Å². The van der Waals surface area contributed by atoms with Gasteiger partial charge in [-0.05, 0) is 84.7 Å². The highest BCUT2D eigenvalue weighted by molar-refractivity contribution is 5.96. The van der Waals surface area contributed by atoms with Crippen molar-refractivity contribution in [1.29, 1.82) is 0 Å². The molecule has 5 rings (SSSR count). The van der Waals surface area contributed by atoms with Crippen molar-refractivity contribution in [2.75, 3.05) is 81.1 Å². The van der Waals surface area contributed by atoms with Gasteiger partial charge in [-0.25, -0.2) is 14.8 Å². The van der Waals surface area contributed by atoms with Crippen LogP contribution in [0.4, 0.5) is 27.8 Å². The molecule has 12 heteroatoms. The second kappa shape index (κ2) is 14.0. The number of likely N-dealkylation sites (N-methyl/N-ethyl adjacent to an activating group) is 1. The van der Waals surface area contributed by atoms with Crippen LogP contribution < -0.4 is 20.9 Å². The van der Waals surface area contributed by atoms with Crippen LogP contribution in [0.2, 0.25) is 0 Å². The zero-order valence-corrected chi connectivity index (χ0v) is 28.8. The minimum absolute atomic E-state index is 0.0323. The van der Waals surface area contributed by atoms with Crippen LogP contribution in [0.3, 0.4) is 0 Å². The molecule has 3 N–H and O–H groups in total. The van der Waals surface area contributed by atoms with Gasteiger partial charge in [-0.2, -0.15) is 0 Å². The smallest absolute Gasteiger partial charge is 0.410 e. The number of piperidine rings is 1. The van der Waals surface area contributed by atoms with Gasteiger partial charge in [-0.15, -0.1) is 0 Å². The molecule has 3 aliphatic rings. The molecule has 0 saturated carbocycles. The number of benzene rings is 1. The van der Waals surface area contributed by atoms with Crippen molar-refractivity contribution < 1.29 is 14.3 Å². The van der Waals surface area contributed by atoms with E-state index in [4.69, 9.17) is 20.4 Å². The number of nitrogens with zero attached hydrogens (tertiary/aromatic N) is 7. The zero-order valence-electron chi connectivity index (χ0n) is 28.8. The summed E-state index contributed by atoms with van der Waals surface area (Å²) in [7, 11) is 2.21. The Balaban J connectivity index is 1.30. The molecule has 0 bridgehead atoms. The topological polar surface area (TPSA) is 123 Å². The number of hydrogen-bond acceptors (Lipinski definition) is 10. The van der Waals surface area contributed by atoms with Gasteiger partial charge < -0.3 is 35.4 Å². The van der Waals surface area contributed by atoms with Crippen LogP contribution in [0.15, 0.2) is 18.2 Å². The van der Waals surface area contributed by atoms with Crippen LogP contribution in [0, 0.1) is 6.92 Å². The fraction of sp³-hybridized carbons (Fsp3) is 0.647. The molecular formula is C34H53N9O3. The number of carbonyl (C=O) groups is 2. The third-order valence-electron chi connectivity index (χ3n) is 9.39. The average molecular weight is 636 g/mol. The lowest BCUT2D eigenvalue weighted by Gasteiger charge is -2.43. The van der Waals surface area contributed by atoms with Gasteiger partial charge in [0, 0.05) is 82.4 Å². The fourth-order valence-electron chi connectivity index (χ4n) is 6.84. The number of rotatable bonds is 7. The van der Waals surface area contributed by atoms with Gasteiger partial charge in [0.1, 0.15) is 5.60 Å². The second-order valence-electron chi connectivity index (χ2n) is 14.1. The van der Waals surface area contributed by atoms with Gasteiger partial charge in [0.05, 0.1) is 5.69 Å².